The van der Waals surface area contributed by atoms with Crippen molar-refractivity contribution in [1.29, 1.82) is 0 Å². The molecule has 0 amide bonds. The molecule has 1 aliphatic carbocycles. The van der Waals surface area contributed by atoms with E-state index in [1.807, 2.05) is 35.4 Å². The van der Waals surface area contributed by atoms with E-state index < -0.39 is 0 Å². The summed E-state index contributed by atoms with van der Waals surface area (Å²) in [6.45, 7) is 0. The van der Waals surface area contributed by atoms with Crippen LogP contribution in [0.3, 0.4) is 0 Å². The molecule has 2 fully saturated rings. The van der Waals surface area contributed by atoms with Gasteiger partial charge in [-0.1, -0.05) is 36.8 Å². The Bertz CT molecular complexity index is 468. The second-order valence-corrected chi connectivity index (χ2v) is 5.65. The van der Waals surface area contributed by atoms with Crippen molar-refractivity contribution >= 4 is 5.97 Å². The molecule has 0 N–H and O–H groups in total. The van der Waals surface area contributed by atoms with Gasteiger partial charge in [0.05, 0.1) is 7.11 Å². The molecule has 1 saturated heterocycles. The Hall–Kier alpha value is -1.39. The smallest absolute Gasteiger partial charge is 0.325 e. The number of hydrogen-bond donors (Lipinski definition) is 0. The monoisotopic (exact) mass is 275 g/mol. The van der Waals surface area contributed by atoms with Gasteiger partial charge in [-0.05, 0) is 31.2 Å². The summed E-state index contributed by atoms with van der Waals surface area (Å²) in [5, 5.41) is 1.88. The van der Waals surface area contributed by atoms with Gasteiger partial charge in [-0.15, -0.1) is 5.06 Å². The summed E-state index contributed by atoms with van der Waals surface area (Å²) in [5.74, 6) is -0.212. The van der Waals surface area contributed by atoms with Crippen LogP contribution in [0.1, 0.15) is 37.7 Å². The van der Waals surface area contributed by atoms with Gasteiger partial charge in [0.25, 0.3) is 0 Å². The van der Waals surface area contributed by atoms with E-state index in [4.69, 9.17) is 9.57 Å². The van der Waals surface area contributed by atoms with Gasteiger partial charge in [-0.3, -0.25) is 9.63 Å². The third kappa shape index (κ3) is 2.58. The zero-order valence-corrected chi connectivity index (χ0v) is 11.9. The van der Waals surface area contributed by atoms with Crippen LogP contribution in [-0.4, -0.2) is 29.9 Å². The Kier molecular flexibility index (Phi) is 3.76. The first-order valence-corrected chi connectivity index (χ1v) is 7.35. The van der Waals surface area contributed by atoms with Gasteiger partial charge in [0.15, 0.2) is 5.72 Å². The molecule has 4 nitrogen and oxygen atoms in total. The lowest BCUT2D eigenvalue weighted by Gasteiger charge is -2.21. The Morgan fingerprint density at radius 3 is 2.65 bits per heavy atom. The molecule has 20 heavy (non-hydrogen) atoms. The summed E-state index contributed by atoms with van der Waals surface area (Å²) < 4.78 is 4.96. The maximum atomic E-state index is 12.1. The van der Waals surface area contributed by atoms with E-state index in [0.29, 0.717) is 6.42 Å². The van der Waals surface area contributed by atoms with Crippen molar-refractivity contribution in [1.82, 2.24) is 5.06 Å². The van der Waals surface area contributed by atoms with Crippen LogP contribution in [0.25, 0.3) is 0 Å². The lowest BCUT2D eigenvalue weighted by molar-refractivity contribution is -0.147. The molecular formula is C16H21NO3. The average molecular weight is 275 g/mol. The van der Waals surface area contributed by atoms with Gasteiger partial charge in [0.1, 0.15) is 6.04 Å². The number of benzene rings is 1. The van der Waals surface area contributed by atoms with E-state index >= 15 is 0 Å². The number of hydroxylamine groups is 2. The van der Waals surface area contributed by atoms with Crippen LogP contribution in [0, 0.1) is 0 Å². The summed E-state index contributed by atoms with van der Waals surface area (Å²) in [4.78, 5) is 17.9. The number of carbonyl (C=O) groups is 1. The number of carbonyl (C=O) groups excluding carboxylic acids is 1. The topological polar surface area (TPSA) is 41.8 Å². The van der Waals surface area contributed by atoms with Crippen molar-refractivity contribution in [3.8, 4) is 0 Å². The molecule has 1 aromatic rings. The highest BCUT2D eigenvalue weighted by Crippen LogP contribution is 2.48. The van der Waals surface area contributed by atoms with Crippen LogP contribution in [0.15, 0.2) is 30.3 Å². The summed E-state index contributed by atoms with van der Waals surface area (Å²) in [5.41, 5.74) is 0.940. The maximum Gasteiger partial charge on any atom is 0.325 e. The fourth-order valence-corrected chi connectivity index (χ4v) is 3.16. The van der Waals surface area contributed by atoms with Gasteiger partial charge in [-0.2, -0.15) is 0 Å². The van der Waals surface area contributed by atoms with Gasteiger partial charge in [-0.25, -0.2) is 0 Å². The Balaban J connectivity index is 1.73. The number of methoxy groups -OCH3 is 1. The lowest BCUT2D eigenvalue weighted by atomic mass is 9.92. The van der Waals surface area contributed by atoms with Crippen molar-refractivity contribution < 1.29 is 14.4 Å². The van der Waals surface area contributed by atoms with Gasteiger partial charge < -0.3 is 4.74 Å². The number of rotatable bonds is 4. The molecule has 3 rings (SSSR count). The molecule has 1 aliphatic heterocycles. The minimum Gasteiger partial charge on any atom is -0.468 e. The van der Waals surface area contributed by atoms with Gasteiger partial charge in [0, 0.05) is 6.42 Å². The minimum absolute atomic E-state index is 0.189. The highest BCUT2D eigenvalue weighted by molar-refractivity contribution is 5.76. The summed E-state index contributed by atoms with van der Waals surface area (Å²) in [6, 6.07) is 9.69. The first kappa shape index (κ1) is 13.6. The van der Waals surface area contributed by atoms with E-state index in [1.54, 1.807) is 0 Å². The summed E-state index contributed by atoms with van der Waals surface area (Å²) in [6.07, 6.45) is 6.30. The van der Waals surface area contributed by atoms with Crippen LogP contribution >= 0.6 is 0 Å². The van der Waals surface area contributed by atoms with E-state index in [-0.39, 0.29) is 17.7 Å². The Morgan fingerprint density at radius 1 is 1.30 bits per heavy atom. The maximum absolute atomic E-state index is 12.1. The van der Waals surface area contributed by atoms with Crippen molar-refractivity contribution in [2.45, 2.75) is 50.3 Å². The number of ether oxygens (including phenoxy) is 1. The number of nitrogens with zero attached hydrogens (tertiary/aromatic N) is 1. The third-order valence-corrected chi connectivity index (χ3v) is 4.30. The predicted molar refractivity (Wildman–Crippen MR) is 74.7 cm³/mol. The molecule has 0 aromatic heterocycles. The molecule has 1 heterocycles. The molecule has 2 atom stereocenters. The SMILES string of the molecule is COC(=O)[C@@H](Cc1ccccc1)N1OC12CCCCC2. The minimum atomic E-state index is -0.333. The quantitative estimate of drug-likeness (QED) is 0.626. The second-order valence-electron chi connectivity index (χ2n) is 5.65. The van der Waals surface area contributed by atoms with E-state index in [9.17, 15) is 4.79 Å². The molecule has 1 spiro atoms. The van der Waals surface area contributed by atoms with Crippen molar-refractivity contribution in [3.05, 3.63) is 35.9 Å². The molecule has 4 heteroatoms. The van der Waals surface area contributed by atoms with E-state index in [1.165, 1.54) is 26.4 Å². The lowest BCUT2D eigenvalue weighted by Crippen LogP contribution is -2.37. The molecule has 1 aromatic carbocycles. The number of hydrogen-bond acceptors (Lipinski definition) is 4. The highest BCUT2D eigenvalue weighted by Gasteiger charge is 2.59. The molecule has 108 valence electrons. The van der Waals surface area contributed by atoms with Crippen LogP contribution in [-0.2, 0) is 20.8 Å². The summed E-state index contributed by atoms with van der Waals surface area (Å²) in [7, 11) is 1.44. The standard InChI is InChI=1S/C16H21NO3/c1-19-15(18)14(12-13-8-4-2-5-9-13)17-16(20-17)10-6-3-7-11-16/h2,4-5,8-9,14H,3,6-7,10-12H2,1H3/t14-,17?/m1/s1. The van der Waals surface area contributed by atoms with Crippen molar-refractivity contribution in [2.75, 3.05) is 7.11 Å². The fourth-order valence-electron chi connectivity index (χ4n) is 3.16. The molecule has 1 saturated carbocycles. The Morgan fingerprint density at radius 2 is 2.00 bits per heavy atom. The van der Waals surface area contributed by atoms with Crippen LogP contribution in [0.2, 0.25) is 0 Å². The van der Waals surface area contributed by atoms with Crippen LogP contribution in [0.5, 0.6) is 0 Å². The molecule has 2 aliphatic rings. The first-order valence-electron chi connectivity index (χ1n) is 7.35. The van der Waals surface area contributed by atoms with Gasteiger partial charge >= 0.3 is 5.97 Å². The van der Waals surface area contributed by atoms with E-state index in [0.717, 1.165) is 18.4 Å². The molecule has 0 radical (unpaired) electrons. The molecule has 1 unspecified atom stereocenters. The van der Waals surface area contributed by atoms with E-state index in [2.05, 4.69) is 0 Å². The first-order chi connectivity index (χ1) is 9.75. The van der Waals surface area contributed by atoms with Gasteiger partial charge in [0.2, 0.25) is 0 Å². The zero-order valence-electron chi connectivity index (χ0n) is 11.9. The van der Waals surface area contributed by atoms with Crippen molar-refractivity contribution in [2.24, 2.45) is 0 Å². The third-order valence-electron chi connectivity index (χ3n) is 4.30. The largest absolute Gasteiger partial charge is 0.468 e. The van der Waals surface area contributed by atoms with Crippen LogP contribution < -0.4 is 0 Å². The number of esters is 1. The second kappa shape index (κ2) is 5.54. The normalized spacial score (nSPS) is 25.1. The van der Waals surface area contributed by atoms with Crippen LogP contribution in [0.4, 0.5) is 0 Å². The fraction of sp³-hybridized carbons (Fsp3) is 0.562. The zero-order chi connectivity index (χ0) is 14.0. The predicted octanol–water partition coefficient (Wildman–Crippen LogP) is 2.68. The molecule has 0 bridgehead atoms. The molecular weight excluding hydrogens is 254 g/mol. The average Bonchev–Trinajstić information content (AvgIpc) is 3.18. The Labute approximate surface area is 119 Å². The summed E-state index contributed by atoms with van der Waals surface area (Å²) >= 11 is 0. The van der Waals surface area contributed by atoms with Crippen molar-refractivity contribution in [3.63, 3.8) is 0 Å². The highest BCUT2D eigenvalue weighted by atomic mass is 16.9.